The molecule has 1 aromatic rings. The van der Waals surface area contributed by atoms with Crippen molar-refractivity contribution in [3.05, 3.63) is 22.7 Å². The number of halogens is 1. The quantitative estimate of drug-likeness (QED) is 0.757. The van der Waals surface area contributed by atoms with Crippen molar-refractivity contribution >= 4 is 27.5 Å². The zero-order valence-corrected chi connectivity index (χ0v) is 8.59. The van der Waals surface area contributed by atoms with Gasteiger partial charge < -0.3 is 10.1 Å². The van der Waals surface area contributed by atoms with E-state index in [1.807, 2.05) is 18.2 Å². The average molecular weight is 242 g/mol. The number of fused-ring (bicyclic) bond motifs is 1. The van der Waals surface area contributed by atoms with Gasteiger partial charge in [0.15, 0.2) is 11.9 Å². The molecule has 2 rings (SSSR count). The van der Waals surface area contributed by atoms with Gasteiger partial charge in [-0.25, -0.2) is 0 Å². The number of rotatable bonds is 0. The fraction of sp³-hybridized carbons (Fsp3) is 0.222. The van der Waals surface area contributed by atoms with E-state index in [0.29, 0.717) is 5.75 Å². The highest BCUT2D eigenvalue weighted by Crippen LogP contribution is 2.36. The summed E-state index contributed by atoms with van der Waals surface area (Å²) in [6, 6.07) is 5.54. The van der Waals surface area contributed by atoms with E-state index >= 15 is 0 Å². The topological polar surface area (TPSA) is 38.3 Å². The van der Waals surface area contributed by atoms with E-state index < -0.39 is 6.10 Å². The van der Waals surface area contributed by atoms with E-state index in [0.717, 1.165) is 10.2 Å². The molecule has 0 spiro atoms. The predicted octanol–water partition coefficient (Wildman–Crippen LogP) is 2.17. The van der Waals surface area contributed by atoms with Crippen molar-refractivity contribution in [2.24, 2.45) is 0 Å². The normalized spacial score (nSPS) is 20.2. The maximum absolute atomic E-state index is 11.2. The van der Waals surface area contributed by atoms with Gasteiger partial charge in [0.2, 0.25) is 0 Å². The van der Waals surface area contributed by atoms with Crippen LogP contribution in [-0.4, -0.2) is 12.0 Å². The first-order chi connectivity index (χ1) is 6.18. The zero-order valence-electron chi connectivity index (χ0n) is 7.00. The molecule has 1 heterocycles. The molecule has 1 aliphatic heterocycles. The summed E-state index contributed by atoms with van der Waals surface area (Å²) in [4.78, 5) is 11.2. The van der Waals surface area contributed by atoms with Crippen LogP contribution in [0.25, 0.3) is 0 Å². The molecule has 0 saturated carbocycles. The fourth-order valence-corrected chi connectivity index (χ4v) is 1.65. The molecule has 4 heteroatoms. The summed E-state index contributed by atoms with van der Waals surface area (Å²) in [5, 5.41) is 2.76. The second-order valence-electron chi connectivity index (χ2n) is 2.87. The number of para-hydroxylation sites is 1. The number of nitrogens with one attached hydrogen (secondary N) is 1. The van der Waals surface area contributed by atoms with Gasteiger partial charge in [0.1, 0.15) is 0 Å². The van der Waals surface area contributed by atoms with Gasteiger partial charge in [0, 0.05) is 0 Å². The van der Waals surface area contributed by atoms with Crippen molar-refractivity contribution < 1.29 is 9.53 Å². The Kier molecular flexibility index (Phi) is 2.00. The second kappa shape index (κ2) is 3.03. The Morgan fingerprint density at radius 2 is 2.31 bits per heavy atom. The summed E-state index contributed by atoms with van der Waals surface area (Å²) in [6.07, 6.45) is -0.425. The van der Waals surface area contributed by atoms with Crippen LogP contribution < -0.4 is 10.1 Å². The third-order valence-corrected chi connectivity index (χ3v) is 2.51. The summed E-state index contributed by atoms with van der Waals surface area (Å²) < 4.78 is 6.27. The summed E-state index contributed by atoms with van der Waals surface area (Å²) in [5.74, 6) is 0.597. The Hall–Kier alpha value is -1.03. The second-order valence-corrected chi connectivity index (χ2v) is 3.72. The van der Waals surface area contributed by atoms with Crippen molar-refractivity contribution in [3.8, 4) is 5.75 Å². The number of hydrogen-bond donors (Lipinski definition) is 1. The smallest absolute Gasteiger partial charge is 0.265 e. The summed E-state index contributed by atoms with van der Waals surface area (Å²) in [6.45, 7) is 1.72. The van der Waals surface area contributed by atoms with Crippen LogP contribution in [0.4, 0.5) is 5.69 Å². The van der Waals surface area contributed by atoms with E-state index in [1.165, 1.54) is 0 Å². The van der Waals surface area contributed by atoms with Crippen LogP contribution in [0.1, 0.15) is 6.92 Å². The molecule has 1 atom stereocenters. The molecule has 3 nitrogen and oxygen atoms in total. The lowest BCUT2D eigenvalue weighted by atomic mass is 10.2. The molecule has 1 N–H and O–H groups in total. The van der Waals surface area contributed by atoms with Gasteiger partial charge in [0.25, 0.3) is 5.91 Å². The van der Waals surface area contributed by atoms with Crippen LogP contribution in [0.5, 0.6) is 5.75 Å². The number of benzene rings is 1. The van der Waals surface area contributed by atoms with E-state index in [2.05, 4.69) is 21.2 Å². The van der Waals surface area contributed by atoms with Crippen molar-refractivity contribution in [1.29, 1.82) is 0 Å². The molecular formula is C9H8BrNO2. The first-order valence-electron chi connectivity index (χ1n) is 3.94. The van der Waals surface area contributed by atoms with Gasteiger partial charge in [-0.2, -0.15) is 0 Å². The predicted molar refractivity (Wildman–Crippen MR) is 52.9 cm³/mol. The molecule has 0 aliphatic carbocycles. The van der Waals surface area contributed by atoms with Crippen LogP contribution in [0.15, 0.2) is 22.7 Å². The van der Waals surface area contributed by atoms with Gasteiger partial charge in [-0.05, 0) is 35.0 Å². The Morgan fingerprint density at radius 1 is 1.54 bits per heavy atom. The van der Waals surface area contributed by atoms with Gasteiger partial charge in [0.05, 0.1) is 10.2 Å². The number of hydrogen-bond acceptors (Lipinski definition) is 2. The van der Waals surface area contributed by atoms with Gasteiger partial charge in [-0.15, -0.1) is 0 Å². The van der Waals surface area contributed by atoms with Gasteiger partial charge in [-0.1, -0.05) is 6.07 Å². The highest BCUT2D eigenvalue weighted by molar-refractivity contribution is 9.10. The Bertz CT molecular complexity index is 365. The van der Waals surface area contributed by atoms with E-state index in [4.69, 9.17) is 4.74 Å². The Morgan fingerprint density at radius 3 is 3.08 bits per heavy atom. The molecular weight excluding hydrogens is 234 g/mol. The van der Waals surface area contributed by atoms with Crippen LogP contribution in [0.2, 0.25) is 0 Å². The lowest BCUT2D eigenvalue weighted by molar-refractivity contribution is -0.122. The average Bonchev–Trinajstić information content (AvgIpc) is 2.09. The van der Waals surface area contributed by atoms with E-state index in [-0.39, 0.29) is 5.91 Å². The number of anilines is 1. The first-order valence-corrected chi connectivity index (χ1v) is 4.74. The van der Waals surface area contributed by atoms with Crippen LogP contribution >= 0.6 is 15.9 Å². The van der Waals surface area contributed by atoms with E-state index in [9.17, 15) is 4.79 Å². The summed E-state index contributed by atoms with van der Waals surface area (Å²) in [7, 11) is 0. The molecule has 1 aromatic carbocycles. The fourth-order valence-electron chi connectivity index (χ4n) is 1.19. The van der Waals surface area contributed by atoms with Crippen LogP contribution in [-0.2, 0) is 4.79 Å². The molecule has 0 aromatic heterocycles. The lowest BCUT2D eigenvalue weighted by Crippen LogP contribution is -2.34. The molecule has 13 heavy (non-hydrogen) atoms. The van der Waals surface area contributed by atoms with Crippen LogP contribution in [0, 0.1) is 0 Å². The minimum absolute atomic E-state index is 0.106. The molecule has 68 valence electrons. The molecule has 0 radical (unpaired) electrons. The van der Waals surface area contributed by atoms with Crippen LogP contribution in [0.3, 0.4) is 0 Å². The highest BCUT2D eigenvalue weighted by Gasteiger charge is 2.24. The number of ether oxygens (including phenoxy) is 1. The summed E-state index contributed by atoms with van der Waals surface area (Å²) in [5.41, 5.74) is 0.720. The molecule has 0 unspecified atom stereocenters. The summed E-state index contributed by atoms with van der Waals surface area (Å²) >= 11 is 3.35. The van der Waals surface area contributed by atoms with Gasteiger partial charge >= 0.3 is 0 Å². The lowest BCUT2D eigenvalue weighted by Gasteiger charge is -2.23. The number of carbonyl (C=O) groups is 1. The first kappa shape index (κ1) is 8.56. The number of carbonyl (C=O) groups excluding carboxylic acids is 1. The Balaban J connectivity index is 2.48. The molecule has 1 amide bonds. The molecule has 0 bridgehead atoms. The van der Waals surface area contributed by atoms with Crippen molar-refractivity contribution in [2.75, 3.05) is 5.32 Å². The standard InChI is InChI=1S/C9H8BrNO2/c1-5-9(12)11-7-4-2-3-6(10)8(7)13-5/h2-5H,1H3,(H,11,12)/t5-/m0/s1. The molecule has 0 saturated heterocycles. The highest BCUT2D eigenvalue weighted by atomic mass is 79.9. The largest absolute Gasteiger partial charge is 0.478 e. The molecule has 0 fully saturated rings. The van der Waals surface area contributed by atoms with Gasteiger partial charge in [-0.3, -0.25) is 4.79 Å². The van der Waals surface area contributed by atoms with Crippen molar-refractivity contribution in [3.63, 3.8) is 0 Å². The molecule has 1 aliphatic rings. The Labute approximate surface area is 84.2 Å². The third kappa shape index (κ3) is 1.42. The maximum Gasteiger partial charge on any atom is 0.265 e. The minimum atomic E-state index is -0.425. The minimum Gasteiger partial charge on any atom is -0.478 e. The zero-order chi connectivity index (χ0) is 9.42. The van der Waals surface area contributed by atoms with Crippen molar-refractivity contribution in [1.82, 2.24) is 0 Å². The SMILES string of the molecule is C[C@@H]1Oc2c(Br)cccc2NC1=O. The van der Waals surface area contributed by atoms with E-state index in [1.54, 1.807) is 6.92 Å². The maximum atomic E-state index is 11.2. The monoisotopic (exact) mass is 241 g/mol. The number of amides is 1. The third-order valence-electron chi connectivity index (χ3n) is 1.89. The van der Waals surface area contributed by atoms with Crippen molar-refractivity contribution in [2.45, 2.75) is 13.0 Å².